The number of rotatable bonds is 4. The van der Waals surface area contributed by atoms with Crippen molar-refractivity contribution in [2.75, 3.05) is 26.3 Å². The Morgan fingerprint density at radius 2 is 2.12 bits per heavy atom. The molecular weight excluding hydrogens is 358 g/mol. The number of ether oxygens (including phenoxy) is 1. The Kier molecular flexibility index (Phi) is 4.60. The molecule has 1 amide bonds. The fourth-order valence-corrected chi connectivity index (χ4v) is 4.87. The third-order valence-electron chi connectivity index (χ3n) is 4.87. The summed E-state index contributed by atoms with van der Waals surface area (Å²) in [5.41, 5.74) is 1.23. The van der Waals surface area contributed by atoms with Gasteiger partial charge >= 0.3 is 0 Å². The second kappa shape index (κ2) is 6.90. The summed E-state index contributed by atoms with van der Waals surface area (Å²) in [5.74, 6) is 0.580. The zero-order valence-corrected chi connectivity index (χ0v) is 15.0. The number of H-pyrrole nitrogens is 1. The molecule has 2 aromatic rings. The summed E-state index contributed by atoms with van der Waals surface area (Å²) in [6, 6.07) is 3.15. The number of hydrogen-bond acceptors (Lipinski definition) is 5. The van der Waals surface area contributed by atoms with Crippen molar-refractivity contribution in [1.29, 1.82) is 0 Å². The summed E-state index contributed by atoms with van der Waals surface area (Å²) in [7, 11) is -3.62. The van der Waals surface area contributed by atoms with Crippen LogP contribution in [0.3, 0.4) is 0 Å². The van der Waals surface area contributed by atoms with Crippen LogP contribution in [0.15, 0.2) is 33.9 Å². The number of aromatic nitrogens is 1. The van der Waals surface area contributed by atoms with Crippen LogP contribution in [0.5, 0.6) is 0 Å². The van der Waals surface area contributed by atoms with Crippen molar-refractivity contribution in [3.63, 3.8) is 0 Å². The van der Waals surface area contributed by atoms with Crippen molar-refractivity contribution in [3.05, 3.63) is 41.6 Å². The predicted octanol–water partition coefficient (Wildman–Crippen LogP) is 1.44. The lowest BCUT2D eigenvalue weighted by atomic mass is 9.93. The number of nitrogens with zero attached hydrogens (tertiary/aromatic N) is 1. The van der Waals surface area contributed by atoms with Crippen molar-refractivity contribution in [2.24, 2.45) is 0 Å². The molecule has 0 unspecified atom stereocenters. The van der Waals surface area contributed by atoms with E-state index in [1.165, 1.54) is 16.6 Å². The first kappa shape index (κ1) is 17.3. The topological polar surface area (TPSA) is 105 Å². The molecule has 4 rings (SSSR count). The Balaban J connectivity index is 1.49. The lowest BCUT2D eigenvalue weighted by molar-refractivity contribution is 0.0730. The highest BCUT2D eigenvalue weighted by Crippen LogP contribution is 2.30. The van der Waals surface area contributed by atoms with Gasteiger partial charge in [0.2, 0.25) is 10.0 Å². The quantitative estimate of drug-likeness (QED) is 0.836. The maximum absolute atomic E-state index is 12.6. The Hall–Kier alpha value is -2.10. The SMILES string of the molecule is O=C(N[C@H]1CCCc2occc21)c1cc(S(=O)(=O)N2CCOCC2)c[nH]1. The number of aromatic amines is 1. The molecule has 26 heavy (non-hydrogen) atoms. The van der Waals surface area contributed by atoms with E-state index in [0.29, 0.717) is 26.3 Å². The lowest BCUT2D eigenvalue weighted by Gasteiger charge is -2.25. The van der Waals surface area contributed by atoms with Crippen LogP contribution in [-0.4, -0.2) is 49.9 Å². The molecule has 1 fully saturated rings. The number of morpholine rings is 1. The summed E-state index contributed by atoms with van der Waals surface area (Å²) >= 11 is 0. The van der Waals surface area contributed by atoms with Crippen LogP contribution in [0.25, 0.3) is 0 Å². The molecule has 140 valence electrons. The number of hydrogen-bond donors (Lipinski definition) is 2. The van der Waals surface area contributed by atoms with E-state index < -0.39 is 10.0 Å². The fraction of sp³-hybridized carbons (Fsp3) is 0.471. The summed E-state index contributed by atoms with van der Waals surface area (Å²) in [6.07, 6.45) is 5.64. The number of amides is 1. The molecule has 1 saturated heterocycles. The Morgan fingerprint density at radius 3 is 2.92 bits per heavy atom. The largest absolute Gasteiger partial charge is 0.469 e. The zero-order chi connectivity index (χ0) is 18.1. The Morgan fingerprint density at radius 1 is 1.31 bits per heavy atom. The molecule has 0 bridgehead atoms. The minimum absolute atomic E-state index is 0.0946. The van der Waals surface area contributed by atoms with Crippen molar-refractivity contribution >= 4 is 15.9 Å². The Labute approximate surface area is 151 Å². The van der Waals surface area contributed by atoms with Crippen LogP contribution >= 0.6 is 0 Å². The second-order valence-electron chi connectivity index (χ2n) is 6.48. The Bertz CT molecular complexity index is 895. The van der Waals surface area contributed by atoms with Gasteiger partial charge in [-0.3, -0.25) is 4.79 Å². The molecular formula is C17H21N3O5S. The normalized spacial score (nSPS) is 21.3. The van der Waals surface area contributed by atoms with Gasteiger partial charge in [-0.25, -0.2) is 8.42 Å². The number of aryl methyl sites for hydroxylation is 1. The van der Waals surface area contributed by atoms with E-state index >= 15 is 0 Å². The van der Waals surface area contributed by atoms with Crippen LogP contribution in [0, 0.1) is 0 Å². The third-order valence-corrected chi connectivity index (χ3v) is 6.74. The maximum Gasteiger partial charge on any atom is 0.268 e. The average molecular weight is 379 g/mol. The van der Waals surface area contributed by atoms with E-state index in [1.807, 2.05) is 6.07 Å². The molecule has 1 aliphatic heterocycles. The zero-order valence-electron chi connectivity index (χ0n) is 14.2. The molecule has 2 aromatic heterocycles. The molecule has 0 aromatic carbocycles. The van der Waals surface area contributed by atoms with Gasteiger partial charge in [-0.2, -0.15) is 4.31 Å². The van der Waals surface area contributed by atoms with Crippen LogP contribution in [-0.2, 0) is 21.2 Å². The summed E-state index contributed by atoms with van der Waals surface area (Å²) < 4.78 is 37.3. The third kappa shape index (κ3) is 3.17. The number of carbonyl (C=O) groups is 1. The molecule has 0 spiro atoms. The van der Waals surface area contributed by atoms with E-state index in [2.05, 4.69) is 10.3 Å². The molecule has 0 saturated carbocycles. The number of nitrogens with one attached hydrogen (secondary N) is 2. The van der Waals surface area contributed by atoms with E-state index in [-0.39, 0.29) is 22.5 Å². The molecule has 2 N–H and O–H groups in total. The van der Waals surface area contributed by atoms with Gasteiger partial charge in [-0.1, -0.05) is 0 Å². The van der Waals surface area contributed by atoms with Crippen LogP contribution < -0.4 is 5.32 Å². The van der Waals surface area contributed by atoms with Crippen LogP contribution in [0.1, 0.15) is 40.7 Å². The van der Waals surface area contributed by atoms with Gasteiger partial charge in [0.25, 0.3) is 5.91 Å². The van der Waals surface area contributed by atoms with Crippen molar-refractivity contribution in [3.8, 4) is 0 Å². The monoisotopic (exact) mass is 379 g/mol. The first-order chi connectivity index (χ1) is 12.6. The van der Waals surface area contributed by atoms with Crippen molar-refractivity contribution in [1.82, 2.24) is 14.6 Å². The molecule has 9 heteroatoms. The van der Waals surface area contributed by atoms with Gasteiger partial charge in [-0.15, -0.1) is 0 Å². The molecule has 3 heterocycles. The predicted molar refractivity (Wildman–Crippen MR) is 92.2 cm³/mol. The molecule has 1 aliphatic carbocycles. The van der Waals surface area contributed by atoms with Gasteiger partial charge in [0, 0.05) is 31.3 Å². The lowest BCUT2D eigenvalue weighted by Crippen LogP contribution is -2.40. The van der Waals surface area contributed by atoms with Crippen LogP contribution in [0.2, 0.25) is 0 Å². The highest BCUT2D eigenvalue weighted by Gasteiger charge is 2.29. The van der Waals surface area contributed by atoms with Gasteiger partial charge < -0.3 is 19.5 Å². The van der Waals surface area contributed by atoms with E-state index in [9.17, 15) is 13.2 Å². The standard InChI is InChI=1S/C17H21N3O5S/c21-17(19-14-2-1-3-16-13(14)4-7-25-16)15-10-12(11-18-15)26(22,23)20-5-8-24-9-6-20/h4,7,10-11,14,18H,1-3,5-6,8-9H2,(H,19,21)/t14-/m0/s1. The van der Waals surface area contributed by atoms with Crippen molar-refractivity contribution in [2.45, 2.75) is 30.2 Å². The molecule has 1 atom stereocenters. The van der Waals surface area contributed by atoms with Gasteiger partial charge in [0.05, 0.1) is 25.5 Å². The highest BCUT2D eigenvalue weighted by atomic mass is 32.2. The summed E-state index contributed by atoms with van der Waals surface area (Å²) in [4.78, 5) is 15.4. The van der Waals surface area contributed by atoms with E-state index in [0.717, 1.165) is 30.6 Å². The van der Waals surface area contributed by atoms with E-state index in [4.69, 9.17) is 9.15 Å². The number of sulfonamides is 1. The van der Waals surface area contributed by atoms with Crippen LogP contribution in [0.4, 0.5) is 0 Å². The smallest absolute Gasteiger partial charge is 0.268 e. The second-order valence-corrected chi connectivity index (χ2v) is 8.42. The minimum atomic E-state index is -3.62. The van der Waals surface area contributed by atoms with Gasteiger partial charge in [0.1, 0.15) is 16.3 Å². The van der Waals surface area contributed by atoms with Gasteiger partial charge in [-0.05, 0) is 25.0 Å². The number of carbonyl (C=O) groups excluding carboxylic acids is 1. The fourth-order valence-electron chi connectivity index (χ4n) is 3.46. The maximum atomic E-state index is 12.6. The summed E-state index contributed by atoms with van der Waals surface area (Å²) in [5, 5.41) is 2.96. The first-order valence-electron chi connectivity index (χ1n) is 8.69. The van der Waals surface area contributed by atoms with Crippen molar-refractivity contribution < 1.29 is 22.4 Å². The average Bonchev–Trinajstić information content (AvgIpc) is 3.33. The molecule has 2 aliphatic rings. The minimum Gasteiger partial charge on any atom is -0.469 e. The molecule has 0 radical (unpaired) electrons. The first-order valence-corrected chi connectivity index (χ1v) is 10.1. The number of furan rings is 1. The van der Waals surface area contributed by atoms with Gasteiger partial charge in [0.15, 0.2) is 0 Å². The molecule has 8 nitrogen and oxygen atoms in total. The summed E-state index contributed by atoms with van der Waals surface area (Å²) in [6.45, 7) is 1.40. The highest BCUT2D eigenvalue weighted by molar-refractivity contribution is 7.89. The van der Waals surface area contributed by atoms with E-state index in [1.54, 1.807) is 6.26 Å². The number of fused-ring (bicyclic) bond motifs is 1.